The van der Waals surface area contributed by atoms with E-state index in [-0.39, 0.29) is 13.0 Å². The fraction of sp³-hybridized carbons (Fsp3) is 0.667. The molecule has 1 amide bonds. The van der Waals surface area contributed by atoms with Crippen molar-refractivity contribution in [1.82, 2.24) is 4.90 Å². The Hall–Kier alpha value is -1.10. The van der Waals surface area contributed by atoms with Gasteiger partial charge in [0.1, 0.15) is 0 Å². The summed E-state index contributed by atoms with van der Waals surface area (Å²) in [4.78, 5) is 21.9. The van der Waals surface area contributed by atoms with Crippen molar-refractivity contribution in [3.05, 3.63) is 0 Å². The topological polar surface area (TPSA) is 83.6 Å². The van der Waals surface area contributed by atoms with E-state index in [9.17, 15) is 9.59 Å². The minimum atomic E-state index is -0.906. The average molecular weight is 160 g/mol. The van der Waals surface area contributed by atoms with Crippen molar-refractivity contribution in [3.8, 4) is 0 Å². The van der Waals surface area contributed by atoms with Gasteiger partial charge in [0.15, 0.2) is 0 Å². The van der Waals surface area contributed by atoms with Crippen LogP contribution in [0.4, 0.5) is 0 Å². The highest BCUT2D eigenvalue weighted by Crippen LogP contribution is 1.85. The van der Waals surface area contributed by atoms with Crippen molar-refractivity contribution in [2.75, 3.05) is 20.1 Å². The number of likely N-dealkylation sites (N-methyl/N-ethyl adjacent to an activating group) is 1. The summed E-state index contributed by atoms with van der Waals surface area (Å²) in [5, 5.41) is 8.29. The first-order valence-corrected chi connectivity index (χ1v) is 3.21. The maximum absolute atomic E-state index is 10.2. The minimum Gasteiger partial charge on any atom is -0.480 e. The summed E-state index contributed by atoms with van der Waals surface area (Å²) in [6.45, 7) is 0.328. The molecule has 0 unspecified atom stereocenters. The van der Waals surface area contributed by atoms with Gasteiger partial charge in [-0.3, -0.25) is 14.5 Å². The number of amides is 1. The Kier molecular flexibility index (Phi) is 4.21. The van der Waals surface area contributed by atoms with Crippen LogP contribution in [-0.4, -0.2) is 42.0 Å². The average Bonchev–Trinajstić information content (AvgIpc) is 1.82. The summed E-state index contributed by atoms with van der Waals surface area (Å²) >= 11 is 0. The van der Waals surface area contributed by atoms with E-state index in [1.807, 2.05) is 0 Å². The molecule has 0 aliphatic carbocycles. The smallest absolute Gasteiger partial charge is 0.317 e. The highest BCUT2D eigenvalue weighted by Gasteiger charge is 2.04. The van der Waals surface area contributed by atoms with Crippen LogP contribution >= 0.6 is 0 Å². The van der Waals surface area contributed by atoms with Crippen molar-refractivity contribution in [3.63, 3.8) is 0 Å². The number of carbonyl (C=O) groups excluding carboxylic acids is 1. The second kappa shape index (κ2) is 4.68. The van der Waals surface area contributed by atoms with Crippen molar-refractivity contribution in [1.29, 1.82) is 0 Å². The predicted octanol–water partition coefficient (Wildman–Crippen LogP) is -1.12. The molecule has 0 aromatic carbocycles. The Morgan fingerprint density at radius 1 is 1.55 bits per heavy atom. The van der Waals surface area contributed by atoms with Gasteiger partial charge in [-0.2, -0.15) is 0 Å². The van der Waals surface area contributed by atoms with E-state index in [1.165, 1.54) is 4.90 Å². The molecule has 0 atom stereocenters. The van der Waals surface area contributed by atoms with Gasteiger partial charge in [0.05, 0.1) is 6.54 Å². The molecule has 5 nitrogen and oxygen atoms in total. The zero-order valence-electron chi connectivity index (χ0n) is 6.41. The van der Waals surface area contributed by atoms with Crippen LogP contribution in [0.5, 0.6) is 0 Å². The summed E-state index contributed by atoms with van der Waals surface area (Å²) in [6, 6.07) is 0. The lowest BCUT2D eigenvalue weighted by Crippen LogP contribution is -2.29. The largest absolute Gasteiger partial charge is 0.480 e. The van der Waals surface area contributed by atoms with Gasteiger partial charge in [0.25, 0.3) is 0 Å². The molecule has 0 heterocycles. The van der Waals surface area contributed by atoms with E-state index in [0.717, 1.165) is 0 Å². The molecule has 11 heavy (non-hydrogen) atoms. The molecule has 0 saturated carbocycles. The maximum atomic E-state index is 10.2. The van der Waals surface area contributed by atoms with Gasteiger partial charge >= 0.3 is 5.97 Å². The molecule has 3 N–H and O–H groups in total. The summed E-state index contributed by atoms with van der Waals surface area (Å²) < 4.78 is 0. The number of carboxylic acids is 1. The lowest BCUT2D eigenvalue weighted by Gasteiger charge is -2.11. The van der Waals surface area contributed by atoms with E-state index in [1.54, 1.807) is 7.05 Å². The van der Waals surface area contributed by atoms with E-state index >= 15 is 0 Å². The first-order chi connectivity index (χ1) is 5.02. The number of hydrogen-bond donors (Lipinski definition) is 2. The van der Waals surface area contributed by atoms with Gasteiger partial charge in [0.2, 0.25) is 5.91 Å². The van der Waals surface area contributed by atoms with Crippen molar-refractivity contribution >= 4 is 11.9 Å². The molecule has 5 heteroatoms. The molecule has 0 fully saturated rings. The van der Waals surface area contributed by atoms with E-state index in [0.29, 0.717) is 6.54 Å². The fourth-order valence-electron chi connectivity index (χ4n) is 0.611. The van der Waals surface area contributed by atoms with Gasteiger partial charge < -0.3 is 10.8 Å². The number of nitrogens with two attached hydrogens (primary N) is 1. The Morgan fingerprint density at radius 3 is 2.45 bits per heavy atom. The Bertz CT molecular complexity index is 158. The third-order valence-electron chi connectivity index (χ3n) is 1.15. The third kappa shape index (κ3) is 6.79. The third-order valence-corrected chi connectivity index (χ3v) is 1.15. The van der Waals surface area contributed by atoms with Crippen LogP contribution in [0, 0.1) is 0 Å². The molecular weight excluding hydrogens is 148 g/mol. The number of carboxylic acid groups (broad SMARTS) is 1. The summed E-state index contributed by atoms with van der Waals surface area (Å²) in [6.07, 6.45) is 0.198. The van der Waals surface area contributed by atoms with Gasteiger partial charge in [-0.15, -0.1) is 0 Å². The number of nitrogens with zero attached hydrogens (tertiary/aromatic N) is 1. The minimum absolute atomic E-state index is 0.0622. The monoisotopic (exact) mass is 160 g/mol. The van der Waals surface area contributed by atoms with Gasteiger partial charge in [0, 0.05) is 13.0 Å². The van der Waals surface area contributed by atoms with Gasteiger partial charge in [-0.05, 0) is 7.05 Å². The number of primary amides is 1. The SMILES string of the molecule is CN(CCC(N)=O)CC(=O)O. The van der Waals surface area contributed by atoms with Crippen LogP contribution in [-0.2, 0) is 9.59 Å². The lowest BCUT2D eigenvalue weighted by atomic mass is 10.4. The van der Waals surface area contributed by atoms with Crippen LogP contribution in [0.15, 0.2) is 0 Å². The Balaban J connectivity index is 3.44. The zero-order valence-corrected chi connectivity index (χ0v) is 6.41. The van der Waals surface area contributed by atoms with Crippen LogP contribution in [0.25, 0.3) is 0 Å². The zero-order chi connectivity index (χ0) is 8.85. The molecule has 0 radical (unpaired) electrons. The summed E-state index contributed by atoms with van der Waals surface area (Å²) in [5.41, 5.74) is 4.86. The number of hydrogen-bond acceptors (Lipinski definition) is 3. The first kappa shape index (κ1) is 9.90. The predicted molar refractivity (Wildman–Crippen MR) is 38.9 cm³/mol. The molecular formula is C6H12N2O3. The normalized spacial score (nSPS) is 10.0. The molecule has 0 rings (SSSR count). The van der Waals surface area contributed by atoms with Crippen molar-refractivity contribution < 1.29 is 14.7 Å². The van der Waals surface area contributed by atoms with Crippen LogP contribution in [0.2, 0.25) is 0 Å². The number of rotatable bonds is 5. The van der Waals surface area contributed by atoms with Gasteiger partial charge in [-0.1, -0.05) is 0 Å². The lowest BCUT2D eigenvalue weighted by molar-refractivity contribution is -0.138. The first-order valence-electron chi connectivity index (χ1n) is 3.21. The van der Waals surface area contributed by atoms with Crippen LogP contribution < -0.4 is 5.73 Å². The molecule has 0 aliphatic heterocycles. The molecule has 0 saturated heterocycles. The standard InChI is InChI=1S/C6H12N2O3/c1-8(4-6(10)11)3-2-5(7)9/h2-4H2,1H3,(H2,7,9)(H,10,11). The Morgan fingerprint density at radius 2 is 2.09 bits per heavy atom. The van der Waals surface area contributed by atoms with Crippen molar-refractivity contribution in [2.45, 2.75) is 6.42 Å². The Labute approximate surface area is 64.8 Å². The van der Waals surface area contributed by atoms with Gasteiger partial charge in [-0.25, -0.2) is 0 Å². The van der Waals surface area contributed by atoms with E-state index < -0.39 is 11.9 Å². The molecule has 64 valence electrons. The molecule has 0 aromatic rings. The van der Waals surface area contributed by atoms with Crippen LogP contribution in [0.1, 0.15) is 6.42 Å². The molecule has 0 aromatic heterocycles. The number of aliphatic carboxylic acids is 1. The fourth-order valence-corrected chi connectivity index (χ4v) is 0.611. The quantitative estimate of drug-likeness (QED) is 0.533. The highest BCUT2D eigenvalue weighted by molar-refractivity contribution is 5.74. The number of carbonyl (C=O) groups is 2. The summed E-state index contributed by atoms with van der Waals surface area (Å²) in [5.74, 6) is -1.32. The van der Waals surface area contributed by atoms with Crippen LogP contribution in [0.3, 0.4) is 0 Å². The van der Waals surface area contributed by atoms with E-state index in [4.69, 9.17) is 10.8 Å². The summed E-state index contributed by atoms with van der Waals surface area (Å²) in [7, 11) is 1.62. The molecule has 0 bridgehead atoms. The second-order valence-corrected chi connectivity index (χ2v) is 2.35. The maximum Gasteiger partial charge on any atom is 0.317 e. The highest BCUT2D eigenvalue weighted by atomic mass is 16.4. The van der Waals surface area contributed by atoms with Crippen molar-refractivity contribution in [2.24, 2.45) is 5.73 Å². The van der Waals surface area contributed by atoms with E-state index in [2.05, 4.69) is 0 Å². The molecule has 0 aliphatic rings. The second-order valence-electron chi connectivity index (χ2n) is 2.35. The molecule has 0 spiro atoms.